The Hall–Kier alpha value is -1.04. The van der Waals surface area contributed by atoms with Gasteiger partial charge in [0.25, 0.3) is 0 Å². The van der Waals surface area contributed by atoms with Crippen molar-refractivity contribution in [2.75, 3.05) is 6.54 Å². The Morgan fingerprint density at radius 2 is 2.08 bits per heavy atom. The van der Waals surface area contributed by atoms with E-state index in [1.807, 2.05) is 31.2 Å². The van der Waals surface area contributed by atoms with Crippen LogP contribution in [0.3, 0.4) is 0 Å². The first-order valence-corrected chi connectivity index (χ1v) is 3.98. The molecule has 0 saturated carbocycles. The third kappa shape index (κ3) is 2.73. The van der Waals surface area contributed by atoms with E-state index >= 15 is 0 Å². The third-order valence-corrected chi connectivity index (χ3v) is 1.97. The summed E-state index contributed by atoms with van der Waals surface area (Å²) in [6, 6.07) is 9.73. The van der Waals surface area contributed by atoms with Gasteiger partial charge in [0.1, 0.15) is 0 Å². The Morgan fingerprint density at radius 1 is 1.46 bits per heavy atom. The Kier molecular flexibility index (Phi) is 5.13. The number of nitrogens with zero attached hydrogens (tertiary/aromatic N) is 1. The quantitative estimate of drug-likeness (QED) is 0.787. The second-order valence-corrected chi connectivity index (χ2v) is 2.84. The number of hydrogen-bond acceptors (Lipinski definition) is 2. The predicted octanol–water partition coefficient (Wildman–Crippen LogP) is 2.04. The predicted molar refractivity (Wildman–Crippen MR) is 55.9 cm³/mol. The lowest BCUT2D eigenvalue weighted by Crippen LogP contribution is -2.10. The Labute approximate surface area is 84.8 Å². The molecule has 13 heavy (non-hydrogen) atoms. The van der Waals surface area contributed by atoms with Crippen molar-refractivity contribution in [2.24, 2.45) is 5.73 Å². The third-order valence-electron chi connectivity index (χ3n) is 1.97. The SMILES string of the molecule is CC(CN)c1ccccc1C#N.Cl. The van der Waals surface area contributed by atoms with Gasteiger partial charge >= 0.3 is 0 Å². The summed E-state index contributed by atoms with van der Waals surface area (Å²) in [7, 11) is 0. The van der Waals surface area contributed by atoms with Gasteiger partial charge in [-0.3, -0.25) is 0 Å². The monoisotopic (exact) mass is 196 g/mol. The number of hydrogen-bond donors (Lipinski definition) is 1. The van der Waals surface area contributed by atoms with Crippen LogP contribution in [0.4, 0.5) is 0 Å². The van der Waals surface area contributed by atoms with Crippen LogP contribution >= 0.6 is 12.4 Å². The van der Waals surface area contributed by atoms with Crippen molar-refractivity contribution >= 4 is 12.4 Å². The molecule has 0 amide bonds. The zero-order chi connectivity index (χ0) is 8.97. The van der Waals surface area contributed by atoms with Gasteiger partial charge in [0.15, 0.2) is 0 Å². The fraction of sp³-hybridized carbons (Fsp3) is 0.300. The second kappa shape index (κ2) is 5.58. The smallest absolute Gasteiger partial charge is 0.0994 e. The average molecular weight is 197 g/mol. The molecule has 2 nitrogen and oxygen atoms in total. The zero-order valence-electron chi connectivity index (χ0n) is 7.53. The van der Waals surface area contributed by atoms with Crippen LogP contribution < -0.4 is 5.73 Å². The van der Waals surface area contributed by atoms with Crippen molar-refractivity contribution in [3.05, 3.63) is 35.4 Å². The maximum absolute atomic E-state index is 8.77. The van der Waals surface area contributed by atoms with Gasteiger partial charge in [0.05, 0.1) is 11.6 Å². The highest BCUT2D eigenvalue weighted by molar-refractivity contribution is 5.85. The standard InChI is InChI=1S/C10H12N2.ClH/c1-8(6-11)10-5-3-2-4-9(10)7-12;/h2-5,8H,6,11H2,1H3;1H. The fourth-order valence-corrected chi connectivity index (χ4v) is 1.16. The molecule has 1 unspecified atom stereocenters. The first-order chi connectivity index (χ1) is 5.79. The summed E-state index contributed by atoms with van der Waals surface area (Å²) in [5, 5.41) is 8.77. The highest BCUT2D eigenvalue weighted by Crippen LogP contribution is 2.17. The summed E-state index contributed by atoms with van der Waals surface area (Å²) >= 11 is 0. The number of rotatable bonds is 2. The van der Waals surface area contributed by atoms with E-state index in [1.54, 1.807) is 0 Å². The van der Waals surface area contributed by atoms with E-state index < -0.39 is 0 Å². The van der Waals surface area contributed by atoms with Crippen molar-refractivity contribution in [3.63, 3.8) is 0 Å². The zero-order valence-corrected chi connectivity index (χ0v) is 8.34. The molecule has 0 bridgehead atoms. The summed E-state index contributed by atoms with van der Waals surface area (Å²) in [6.45, 7) is 2.61. The van der Waals surface area contributed by atoms with Gasteiger partial charge in [0.2, 0.25) is 0 Å². The minimum atomic E-state index is 0. The van der Waals surface area contributed by atoms with Crippen LogP contribution in [0.1, 0.15) is 24.0 Å². The molecule has 1 rings (SSSR count). The molecule has 0 aliphatic rings. The van der Waals surface area contributed by atoms with Crippen molar-refractivity contribution in [1.82, 2.24) is 0 Å². The molecule has 0 radical (unpaired) electrons. The summed E-state index contributed by atoms with van der Waals surface area (Å²) in [6.07, 6.45) is 0. The van der Waals surface area contributed by atoms with Crippen LogP contribution in [-0.2, 0) is 0 Å². The normalized spacial score (nSPS) is 11.2. The van der Waals surface area contributed by atoms with E-state index in [0.717, 1.165) is 11.1 Å². The minimum Gasteiger partial charge on any atom is -0.330 e. The lowest BCUT2D eigenvalue weighted by molar-refractivity contribution is 0.771. The van der Waals surface area contributed by atoms with Gasteiger partial charge < -0.3 is 5.73 Å². The van der Waals surface area contributed by atoms with E-state index in [-0.39, 0.29) is 18.3 Å². The van der Waals surface area contributed by atoms with Crippen molar-refractivity contribution in [1.29, 1.82) is 5.26 Å². The first kappa shape index (κ1) is 12.0. The van der Waals surface area contributed by atoms with Gasteiger partial charge in [0, 0.05) is 0 Å². The molecule has 0 aromatic heterocycles. The molecule has 1 atom stereocenters. The Bertz CT molecular complexity index is 304. The molecule has 0 fully saturated rings. The molecule has 0 heterocycles. The van der Waals surface area contributed by atoms with Gasteiger partial charge in [-0.2, -0.15) is 5.26 Å². The van der Waals surface area contributed by atoms with Crippen LogP contribution in [0.5, 0.6) is 0 Å². The molecule has 1 aromatic carbocycles. The van der Waals surface area contributed by atoms with E-state index in [2.05, 4.69) is 6.07 Å². The van der Waals surface area contributed by atoms with Gasteiger partial charge in [-0.15, -0.1) is 12.4 Å². The number of nitrogens with two attached hydrogens (primary N) is 1. The van der Waals surface area contributed by atoms with Crippen LogP contribution in [0, 0.1) is 11.3 Å². The molecule has 3 heteroatoms. The molecular weight excluding hydrogens is 184 g/mol. The molecule has 0 spiro atoms. The lowest BCUT2D eigenvalue weighted by atomic mass is 9.97. The summed E-state index contributed by atoms with van der Waals surface area (Å²) in [5.41, 5.74) is 7.29. The summed E-state index contributed by atoms with van der Waals surface area (Å²) in [4.78, 5) is 0. The van der Waals surface area contributed by atoms with Crippen LogP contribution in [0.2, 0.25) is 0 Å². The van der Waals surface area contributed by atoms with Crippen molar-refractivity contribution < 1.29 is 0 Å². The Morgan fingerprint density at radius 3 is 2.62 bits per heavy atom. The molecule has 0 saturated heterocycles. The van der Waals surface area contributed by atoms with Gasteiger partial charge in [-0.1, -0.05) is 25.1 Å². The highest BCUT2D eigenvalue weighted by atomic mass is 35.5. The van der Waals surface area contributed by atoms with E-state index in [0.29, 0.717) is 6.54 Å². The molecule has 70 valence electrons. The Balaban J connectivity index is 0.00000144. The molecule has 0 aliphatic carbocycles. The molecule has 1 aromatic rings. The van der Waals surface area contributed by atoms with E-state index in [9.17, 15) is 0 Å². The lowest BCUT2D eigenvalue weighted by Gasteiger charge is -2.09. The topological polar surface area (TPSA) is 49.8 Å². The second-order valence-electron chi connectivity index (χ2n) is 2.84. The number of nitriles is 1. The van der Waals surface area contributed by atoms with Gasteiger partial charge in [-0.05, 0) is 24.1 Å². The maximum Gasteiger partial charge on any atom is 0.0994 e. The molecule has 2 N–H and O–H groups in total. The number of benzene rings is 1. The highest BCUT2D eigenvalue weighted by Gasteiger charge is 2.06. The van der Waals surface area contributed by atoms with Crippen molar-refractivity contribution in [3.8, 4) is 6.07 Å². The van der Waals surface area contributed by atoms with Gasteiger partial charge in [-0.25, -0.2) is 0 Å². The fourth-order valence-electron chi connectivity index (χ4n) is 1.16. The summed E-state index contributed by atoms with van der Waals surface area (Å²) < 4.78 is 0. The van der Waals surface area contributed by atoms with E-state index in [1.165, 1.54) is 0 Å². The minimum absolute atomic E-state index is 0. The molecular formula is C10H13ClN2. The van der Waals surface area contributed by atoms with Crippen molar-refractivity contribution in [2.45, 2.75) is 12.8 Å². The average Bonchev–Trinajstić information content (AvgIpc) is 2.16. The first-order valence-electron chi connectivity index (χ1n) is 3.98. The van der Waals surface area contributed by atoms with Crippen LogP contribution in [0.25, 0.3) is 0 Å². The van der Waals surface area contributed by atoms with Crippen LogP contribution in [0.15, 0.2) is 24.3 Å². The number of halogens is 1. The maximum atomic E-state index is 8.77. The molecule has 0 aliphatic heterocycles. The van der Waals surface area contributed by atoms with E-state index in [4.69, 9.17) is 11.0 Å². The summed E-state index contributed by atoms with van der Waals surface area (Å²) in [5.74, 6) is 0.265. The largest absolute Gasteiger partial charge is 0.330 e. The van der Waals surface area contributed by atoms with Crippen LogP contribution in [-0.4, -0.2) is 6.54 Å².